The van der Waals surface area contributed by atoms with Gasteiger partial charge in [0.15, 0.2) is 6.19 Å². The van der Waals surface area contributed by atoms with Gasteiger partial charge in [-0.25, -0.2) is 9.98 Å². The Labute approximate surface area is 162 Å². The molecule has 0 bridgehead atoms. The number of pyridine rings is 1. The van der Waals surface area contributed by atoms with Gasteiger partial charge in [0.25, 0.3) is 0 Å². The Morgan fingerprint density at radius 3 is 2.55 bits per heavy atom. The van der Waals surface area contributed by atoms with E-state index in [0.29, 0.717) is 0 Å². The third-order valence-electron chi connectivity index (χ3n) is 4.17. The first-order valence-corrected chi connectivity index (χ1v) is 7.94. The van der Waals surface area contributed by atoms with Crippen molar-refractivity contribution in [2.24, 2.45) is 4.99 Å². The number of nitrogens with one attached hydrogen (secondary N) is 2. The minimum atomic E-state index is -4.64. The Morgan fingerprint density at radius 2 is 1.97 bits per heavy atom. The summed E-state index contributed by atoms with van der Waals surface area (Å²) in [7, 11) is 1.23. The normalized spacial score (nSPS) is 15.2. The highest BCUT2D eigenvalue weighted by Crippen LogP contribution is 2.43. The molecular formula is C17H13F3N8O. The van der Waals surface area contributed by atoms with E-state index < -0.39 is 17.8 Å². The van der Waals surface area contributed by atoms with Gasteiger partial charge in [0, 0.05) is 5.56 Å². The average molecular weight is 402 g/mol. The van der Waals surface area contributed by atoms with E-state index in [4.69, 9.17) is 21.5 Å². The molecule has 0 amide bonds. The highest BCUT2D eigenvalue weighted by molar-refractivity contribution is 5.98. The van der Waals surface area contributed by atoms with Gasteiger partial charge < -0.3 is 21.5 Å². The molecule has 148 valence electrons. The minimum Gasteiger partial charge on any atom is -0.497 e. The number of hydrogen-bond donors (Lipinski definition) is 4. The van der Waals surface area contributed by atoms with Crippen molar-refractivity contribution in [3.63, 3.8) is 0 Å². The van der Waals surface area contributed by atoms with Crippen LogP contribution in [0.2, 0.25) is 0 Å². The van der Waals surface area contributed by atoms with Crippen molar-refractivity contribution in [3.8, 4) is 18.0 Å². The summed E-state index contributed by atoms with van der Waals surface area (Å²) in [6.45, 7) is 0. The third-order valence-corrected chi connectivity index (χ3v) is 4.17. The lowest BCUT2D eigenvalue weighted by molar-refractivity contribution is -0.137. The highest BCUT2D eigenvalue weighted by Gasteiger charge is 2.35. The average Bonchev–Trinajstić information content (AvgIpc) is 2.66. The first-order chi connectivity index (χ1) is 13.7. The SMILES string of the molecule is COc1cc(C2N=C(NC#N)Nc3nc(N)c(C#N)c(N)c32)cc(C(F)(F)F)c1. The van der Waals surface area contributed by atoms with Crippen molar-refractivity contribution < 1.29 is 17.9 Å². The van der Waals surface area contributed by atoms with Gasteiger partial charge in [-0.2, -0.15) is 23.7 Å². The van der Waals surface area contributed by atoms with Gasteiger partial charge in [0.05, 0.1) is 18.4 Å². The fourth-order valence-electron chi connectivity index (χ4n) is 2.88. The standard InChI is InChI=1S/C17H13F3N8O/c1-29-9-3-7(2-8(4-9)17(18,19)20)13-11-12(23)10(5-21)14(24)27-15(11)28-16(26-13)25-6-22/h2-4,13H,1H3,(H6,23,24,25,26,27,28). The molecule has 1 aromatic heterocycles. The number of hydrogen-bond acceptors (Lipinski definition) is 9. The van der Waals surface area contributed by atoms with E-state index in [1.807, 2.05) is 6.07 Å². The lowest BCUT2D eigenvalue weighted by Crippen LogP contribution is -2.32. The number of anilines is 3. The van der Waals surface area contributed by atoms with E-state index in [1.165, 1.54) is 13.2 Å². The van der Waals surface area contributed by atoms with Crippen molar-refractivity contribution in [1.29, 1.82) is 10.5 Å². The Bertz CT molecular complexity index is 1100. The number of ether oxygens (including phenoxy) is 1. The second-order valence-electron chi connectivity index (χ2n) is 5.89. The summed E-state index contributed by atoms with van der Waals surface area (Å²) in [4.78, 5) is 8.27. The molecule has 1 aliphatic heterocycles. The number of alkyl halides is 3. The number of nitrogen functional groups attached to an aromatic ring is 2. The number of aromatic nitrogens is 1. The molecular weight excluding hydrogens is 389 g/mol. The van der Waals surface area contributed by atoms with Crippen molar-refractivity contribution in [2.45, 2.75) is 12.2 Å². The van der Waals surface area contributed by atoms with Gasteiger partial charge in [-0.05, 0) is 23.8 Å². The second-order valence-corrected chi connectivity index (χ2v) is 5.89. The molecule has 29 heavy (non-hydrogen) atoms. The molecule has 1 aliphatic rings. The molecule has 1 unspecified atom stereocenters. The molecule has 1 aromatic carbocycles. The zero-order valence-corrected chi connectivity index (χ0v) is 14.8. The van der Waals surface area contributed by atoms with Crippen molar-refractivity contribution in [3.05, 3.63) is 40.5 Å². The highest BCUT2D eigenvalue weighted by atomic mass is 19.4. The monoisotopic (exact) mass is 402 g/mol. The second kappa shape index (κ2) is 7.09. The van der Waals surface area contributed by atoms with Gasteiger partial charge in [-0.15, -0.1) is 0 Å². The molecule has 3 rings (SSSR count). The Hall–Kier alpha value is -4.19. The fourth-order valence-corrected chi connectivity index (χ4v) is 2.88. The quantitative estimate of drug-likeness (QED) is 0.439. The third kappa shape index (κ3) is 3.51. The van der Waals surface area contributed by atoms with E-state index in [-0.39, 0.29) is 45.7 Å². The number of nitrogens with two attached hydrogens (primary N) is 2. The summed E-state index contributed by atoms with van der Waals surface area (Å²) >= 11 is 0. The molecule has 0 fully saturated rings. The number of fused-ring (bicyclic) bond motifs is 1. The van der Waals surface area contributed by atoms with Crippen LogP contribution in [0.5, 0.6) is 5.75 Å². The van der Waals surface area contributed by atoms with Crippen LogP contribution in [-0.2, 0) is 6.18 Å². The predicted octanol–water partition coefficient (Wildman–Crippen LogP) is 2.09. The maximum atomic E-state index is 13.3. The predicted molar refractivity (Wildman–Crippen MR) is 97.4 cm³/mol. The largest absolute Gasteiger partial charge is 0.497 e. The number of aliphatic imine (C=N–C) groups is 1. The molecule has 0 aliphatic carbocycles. The zero-order chi connectivity index (χ0) is 21.3. The van der Waals surface area contributed by atoms with Crippen LogP contribution in [0.4, 0.5) is 30.5 Å². The number of nitrogens with zero attached hydrogens (tertiary/aromatic N) is 4. The van der Waals surface area contributed by atoms with E-state index in [9.17, 15) is 18.4 Å². The summed E-state index contributed by atoms with van der Waals surface area (Å²) < 4.78 is 45.0. The molecule has 0 spiro atoms. The van der Waals surface area contributed by atoms with E-state index in [1.54, 1.807) is 6.19 Å². The topological polar surface area (TPSA) is 158 Å². The summed E-state index contributed by atoms with van der Waals surface area (Å²) in [5.74, 6) is -0.234. The molecule has 1 atom stereocenters. The maximum Gasteiger partial charge on any atom is 0.416 e. The molecule has 0 saturated carbocycles. The molecule has 6 N–H and O–H groups in total. The molecule has 0 saturated heterocycles. The van der Waals surface area contributed by atoms with Crippen LogP contribution in [0.15, 0.2) is 23.2 Å². The van der Waals surface area contributed by atoms with Crippen molar-refractivity contribution in [2.75, 3.05) is 23.9 Å². The van der Waals surface area contributed by atoms with Crippen LogP contribution >= 0.6 is 0 Å². The Kier molecular flexibility index (Phi) is 4.78. The van der Waals surface area contributed by atoms with Crippen LogP contribution in [0.25, 0.3) is 0 Å². The van der Waals surface area contributed by atoms with Gasteiger partial charge in [0.2, 0.25) is 5.96 Å². The Morgan fingerprint density at radius 1 is 1.24 bits per heavy atom. The van der Waals surface area contributed by atoms with Crippen molar-refractivity contribution >= 4 is 23.3 Å². The molecule has 9 nitrogen and oxygen atoms in total. The van der Waals surface area contributed by atoms with E-state index in [2.05, 4.69) is 20.6 Å². The molecule has 2 heterocycles. The number of rotatable bonds is 2. The summed E-state index contributed by atoms with van der Waals surface area (Å²) in [6, 6.07) is 3.79. The van der Waals surface area contributed by atoms with Gasteiger partial charge >= 0.3 is 6.18 Å². The minimum absolute atomic E-state index is 0.0533. The van der Waals surface area contributed by atoms with Gasteiger partial charge in [-0.3, -0.25) is 5.32 Å². The van der Waals surface area contributed by atoms with E-state index >= 15 is 0 Å². The van der Waals surface area contributed by atoms with Crippen LogP contribution in [-0.4, -0.2) is 18.1 Å². The molecule has 2 aromatic rings. The number of halogens is 3. The smallest absolute Gasteiger partial charge is 0.416 e. The fraction of sp³-hybridized carbons (Fsp3) is 0.176. The van der Waals surface area contributed by atoms with Crippen LogP contribution in [0.1, 0.15) is 28.3 Å². The Balaban J connectivity index is 2.30. The lowest BCUT2D eigenvalue weighted by atomic mass is 9.93. The summed E-state index contributed by atoms with van der Waals surface area (Å²) in [5.41, 5.74) is 10.9. The number of guanidine groups is 1. The first kappa shape index (κ1) is 19.6. The maximum absolute atomic E-state index is 13.3. The van der Waals surface area contributed by atoms with Crippen molar-refractivity contribution in [1.82, 2.24) is 10.3 Å². The first-order valence-electron chi connectivity index (χ1n) is 7.94. The molecule has 12 heteroatoms. The van der Waals surface area contributed by atoms with Gasteiger partial charge in [-0.1, -0.05) is 0 Å². The van der Waals surface area contributed by atoms with Crippen LogP contribution < -0.4 is 26.8 Å². The van der Waals surface area contributed by atoms with Crippen LogP contribution in [0.3, 0.4) is 0 Å². The number of nitriles is 2. The van der Waals surface area contributed by atoms with E-state index in [0.717, 1.165) is 12.1 Å². The summed E-state index contributed by atoms with van der Waals surface area (Å²) in [6.07, 6.45) is -2.98. The number of benzene rings is 1. The van der Waals surface area contributed by atoms with Gasteiger partial charge in [0.1, 0.15) is 35.1 Å². The lowest BCUT2D eigenvalue weighted by Gasteiger charge is -2.26. The zero-order valence-electron chi connectivity index (χ0n) is 14.8. The van der Waals surface area contributed by atoms with Crippen LogP contribution in [0, 0.1) is 22.8 Å². The number of methoxy groups -OCH3 is 1. The molecule has 0 radical (unpaired) electrons. The summed E-state index contributed by atoms with van der Waals surface area (Å²) in [5, 5.41) is 23.1.